The first kappa shape index (κ1) is 10.8. The van der Waals surface area contributed by atoms with Gasteiger partial charge in [0.2, 0.25) is 0 Å². The van der Waals surface area contributed by atoms with Gasteiger partial charge in [-0.05, 0) is 13.8 Å². The van der Waals surface area contributed by atoms with Crippen LogP contribution in [0.4, 0.5) is 0 Å². The van der Waals surface area contributed by atoms with Crippen LogP contribution in [-0.2, 0) is 6.42 Å². The molecule has 0 bridgehead atoms. The average molecular weight is 224 g/mol. The molecule has 1 aromatic heterocycles. The van der Waals surface area contributed by atoms with Gasteiger partial charge in [0.25, 0.3) is 0 Å². The zero-order valence-electron chi connectivity index (χ0n) is 9.08. The Bertz CT molecular complexity index is 364. The number of aromatic nitrogens is 1. The number of aliphatic hydroxyl groups is 1. The van der Waals surface area contributed by atoms with Crippen molar-refractivity contribution in [2.75, 3.05) is 13.1 Å². The highest BCUT2D eigenvalue weighted by atomic mass is 32.1. The van der Waals surface area contributed by atoms with E-state index >= 15 is 0 Å². The van der Waals surface area contributed by atoms with Gasteiger partial charge >= 0.3 is 0 Å². The van der Waals surface area contributed by atoms with Crippen molar-refractivity contribution in [3.8, 4) is 0 Å². The zero-order chi connectivity index (χ0) is 10.8. The Morgan fingerprint density at radius 2 is 2.40 bits per heavy atom. The quantitative estimate of drug-likeness (QED) is 0.742. The van der Waals surface area contributed by atoms with Gasteiger partial charge in [-0.25, -0.2) is 4.98 Å². The number of rotatable bonds is 2. The van der Waals surface area contributed by atoms with Crippen LogP contribution in [0, 0.1) is 13.8 Å². The summed E-state index contributed by atoms with van der Waals surface area (Å²) in [6, 6.07) is 0. The second-order valence-corrected chi connectivity index (χ2v) is 5.24. The molecule has 0 aromatic carbocycles. The fourth-order valence-corrected chi connectivity index (χ4v) is 2.69. The molecule has 3 nitrogen and oxygen atoms in total. The smallest absolute Gasteiger partial charge is 0.0971 e. The maximum absolute atomic E-state index is 9.46. The molecule has 2 heterocycles. The van der Waals surface area contributed by atoms with Crippen LogP contribution < -0.4 is 5.32 Å². The standard InChI is InChI=1S/C11H16N2OS/c1-7-8(2)15-11(13-7)4-9-3-10(14)6-12-5-9/h3,10,12,14H,4-6H2,1-2H3. The lowest BCUT2D eigenvalue weighted by molar-refractivity contribution is 0.213. The Morgan fingerprint density at radius 3 is 3.00 bits per heavy atom. The number of aryl methyl sites for hydroxylation is 2. The molecular weight excluding hydrogens is 208 g/mol. The molecule has 82 valence electrons. The normalized spacial score (nSPS) is 21.5. The van der Waals surface area contributed by atoms with Crippen molar-refractivity contribution in [2.45, 2.75) is 26.4 Å². The fourth-order valence-electron chi connectivity index (χ4n) is 1.70. The molecule has 0 spiro atoms. The van der Waals surface area contributed by atoms with Crippen LogP contribution in [0.3, 0.4) is 0 Å². The maximum Gasteiger partial charge on any atom is 0.0971 e. The minimum atomic E-state index is -0.337. The van der Waals surface area contributed by atoms with Gasteiger partial charge in [0.05, 0.1) is 16.8 Å². The van der Waals surface area contributed by atoms with Crippen molar-refractivity contribution in [2.24, 2.45) is 0 Å². The molecule has 0 saturated heterocycles. The summed E-state index contributed by atoms with van der Waals surface area (Å²) in [5.74, 6) is 0. The lowest BCUT2D eigenvalue weighted by atomic mass is 10.1. The minimum absolute atomic E-state index is 0.337. The number of hydrogen-bond acceptors (Lipinski definition) is 4. The van der Waals surface area contributed by atoms with Crippen molar-refractivity contribution in [3.63, 3.8) is 0 Å². The molecule has 4 heteroatoms. The summed E-state index contributed by atoms with van der Waals surface area (Å²) >= 11 is 1.75. The second kappa shape index (κ2) is 4.43. The highest BCUT2D eigenvalue weighted by molar-refractivity contribution is 7.11. The summed E-state index contributed by atoms with van der Waals surface area (Å²) in [7, 11) is 0. The van der Waals surface area contributed by atoms with E-state index < -0.39 is 0 Å². The molecule has 1 aromatic rings. The van der Waals surface area contributed by atoms with Crippen LogP contribution in [0.1, 0.15) is 15.6 Å². The summed E-state index contributed by atoms with van der Waals surface area (Å²) < 4.78 is 0. The monoisotopic (exact) mass is 224 g/mol. The summed E-state index contributed by atoms with van der Waals surface area (Å²) in [5, 5.41) is 13.8. The summed E-state index contributed by atoms with van der Waals surface area (Å²) in [6.07, 6.45) is 2.47. The third-order valence-electron chi connectivity index (χ3n) is 2.58. The SMILES string of the molecule is Cc1nc(CC2=CC(O)CNC2)sc1C. The molecule has 0 amide bonds. The van der Waals surface area contributed by atoms with Gasteiger partial charge in [-0.3, -0.25) is 0 Å². The second-order valence-electron chi connectivity index (χ2n) is 3.95. The predicted molar refractivity (Wildman–Crippen MR) is 62.3 cm³/mol. The molecule has 2 rings (SSSR count). The Hall–Kier alpha value is -0.710. The van der Waals surface area contributed by atoms with E-state index in [-0.39, 0.29) is 6.10 Å². The number of aliphatic hydroxyl groups excluding tert-OH is 1. The highest BCUT2D eigenvalue weighted by Crippen LogP contribution is 2.20. The molecule has 0 saturated carbocycles. The first-order chi connectivity index (χ1) is 7.15. The number of nitrogens with one attached hydrogen (secondary N) is 1. The van der Waals surface area contributed by atoms with Crippen molar-refractivity contribution in [3.05, 3.63) is 27.2 Å². The molecular formula is C11H16N2OS. The molecule has 0 fully saturated rings. The van der Waals surface area contributed by atoms with E-state index in [0.717, 1.165) is 23.7 Å². The zero-order valence-corrected chi connectivity index (χ0v) is 9.90. The van der Waals surface area contributed by atoms with Crippen molar-refractivity contribution < 1.29 is 5.11 Å². The lowest BCUT2D eigenvalue weighted by Gasteiger charge is -2.17. The maximum atomic E-state index is 9.46. The molecule has 1 aliphatic heterocycles. The van der Waals surface area contributed by atoms with Gasteiger partial charge in [-0.2, -0.15) is 0 Å². The van der Waals surface area contributed by atoms with Crippen molar-refractivity contribution in [1.82, 2.24) is 10.3 Å². The van der Waals surface area contributed by atoms with E-state index in [1.165, 1.54) is 10.5 Å². The van der Waals surface area contributed by atoms with Gasteiger partial charge < -0.3 is 10.4 Å². The Labute approximate surface area is 93.9 Å². The Kier molecular flexibility index (Phi) is 3.19. The first-order valence-electron chi connectivity index (χ1n) is 5.16. The molecule has 1 aliphatic rings. The average Bonchev–Trinajstić information content (AvgIpc) is 2.45. The van der Waals surface area contributed by atoms with Gasteiger partial charge in [0.1, 0.15) is 0 Å². The van der Waals surface area contributed by atoms with Crippen LogP contribution in [0.15, 0.2) is 11.6 Å². The number of thiazole rings is 1. The molecule has 0 aliphatic carbocycles. The van der Waals surface area contributed by atoms with E-state index in [0.29, 0.717) is 6.54 Å². The van der Waals surface area contributed by atoms with E-state index in [2.05, 4.69) is 17.2 Å². The highest BCUT2D eigenvalue weighted by Gasteiger charge is 2.12. The third kappa shape index (κ3) is 2.65. The molecule has 1 atom stereocenters. The number of hydrogen-bond donors (Lipinski definition) is 2. The van der Waals surface area contributed by atoms with Crippen LogP contribution in [0.2, 0.25) is 0 Å². The van der Waals surface area contributed by atoms with Crippen LogP contribution in [0.5, 0.6) is 0 Å². The lowest BCUT2D eigenvalue weighted by Crippen LogP contribution is -2.32. The van der Waals surface area contributed by atoms with Crippen molar-refractivity contribution >= 4 is 11.3 Å². The first-order valence-corrected chi connectivity index (χ1v) is 5.98. The predicted octanol–water partition coefficient (Wildman–Crippen LogP) is 1.19. The molecule has 2 N–H and O–H groups in total. The molecule has 1 unspecified atom stereocenters. The summed E-state index contributed by atoms with van der Waals surface area (Å²) in [6.45, 7) is 5.67. The minimum Gasteiger partial charge on any atom is -0.388 e. The topological polar surface area (TPSA) is 45.2 Å². The molecule has 0 radical (unpaired) electrons. The third-order valence-corrected chi connectivity index (χ3v) is 3.66. The van der Waals surface area contributed by atoms with Gasteiger partial charge in [0, 0.05) is 24.4 Å². The van der Waals surface area contributed by atoms with Crippen molar-refractivity contribution in [1.29, 1.82) is 0 Å². The fraction of sp³-hybridized carbons (Fsp3) is 0.545. The van der Waals surface area contributed by atoms with E-state index in [9.17, 15) is 5.11 Å². The molecule has 15 heavy (non-hydrogen) atoms. The van der Waals surface area contributed by atoms with E-state index in [1.807, 2.05) is 13.0 Å². The summed E-state index contributed by atoms with van der Waals surface area (Å²) in [4.78, 5) is 5.78. The summed E-state index contributed by atoms with van der Waals surface area (Å²) in [5.41, 5.74) is 2.36. The Morgan fingerprint density at radius 1 is 1.60 bits per heavy atom. The number of nitrogens with zero attached hydrogens (tertiary/aromatic N) is 1. The number of β-amino-alcohol motifs (C(OH)–C–C–N with tert-alkyl or cyclic N) is 1. The van der Waals surface area contributed by atoms with E-state index in [1.54, 1.807) is 11.3 Å². The van der Waals surface area contributed by atoms with Gasteiger partial charge in [-0.15, -0.1) is 11.3 Å². The van der Waals surface area contributed by atoms with Crippen LogP contribution in [-0.4, -0.2) is 29.3 Å². The van der Waals surface area contributed by atoms with Gasteiger partial charge in [0.15, 0.2) is 0 Å². The van der Waals surface area contributed by atoms with Crippen LogP contribution in [0.25, 0.3) is 0 Å². The largest absolute Gasteiger partial charge is 0.388 e. The Balaban J connectivity index is 2.08. The van der Waals surface area contributed by atoms with Crippen LogP contribution >= 0.6 is 11.3 Å². The van der Waals surface area contributed by atoms with Gasteiger partial charge in [-0.1, -0.05) is 11.6 Å². The van der Waals surface area contributed by atoms with E-state index in [4.69, 9.17) is 0 Å².